The van der Waals surface area contributed by atoms with Gasteiger partial charge in [-0.25, -0.2) is 14.0 Å². The monoisotopic (exact) mass is 332 g/mol. The first-order valence-electron chi connectivity index (χ1n) is 7.17. The first-order valence-corrected chi connectivity index (χ1v) is 7.54. The van der Waals surface area contributed by atoms with Crippen LogP contribution < -0.4 is 16.3 Å². The summed E-state index contributed by atoms with van der Waals surface area (Å²) >= 11 is 6.09. The Morgan fingerprint density at radius 2 is 2.22 bits per heavy atom. The second kappa shape index (κ2) is 4.95. The Balaban J connectivity index is 1.92. The summed E-state index contributed by atoms with van der Waals surface area (Å²) in [4.78, 5) is 30.1. The number of benzene rings is 1. The van der Waals surface area contributed by atoms with Gasteiger partial charge in [0, 0.05) is 23.6 Å². The minimum atomic E-state index is -0.477. The summed E-state index contributed by atoms with van der Waals surface area (Å²) in [6.45, 7) is 1.44. The molecule has 0 spiro atoms. The number of amidine groups is 1. The molecule has 2 N–H and O–H groups in total. The predicted molar refractivity (Wildman–Crippen MR) is 85.4 cm³/mol. The lowest BCUT2D eigenvalue weighted by Gasteiger charge is -2.26. The molecule has 0 atom stereocenters. The Morgan fingerprint density at radius 1 is 1.39 bits per heavy atom. The number of carbonyl (C=O) groups excluding carboxylic acids is 1. The summed E-state index contributed by atoms with van der Waals surface area (Å²) in [5.74, 6) is 0.802. The number of amides is 1. The van der Waals surface area contributed by atoms with Crippen molar-refractivity contribution in [3.05, 3.63) is 39.3 Å². The van der Waals surface area contributed by atoms with E-state index < -0.39 is 5.91 Å². The topological polar surface area (TPSA) is 98.5 Å². The standard InChI is InChI=1S/C14H13ClN6O2/c15-8-1-2-9-10(7-8)21-13(19-6-4-17-12(9)19)18-20(14(21)23)5-3-11(16)22/h1-2,7H,3-6H2,(H2,16,22). The van der Waals surface area contributed by atoms with E-state index in [0.29, 0.717) is 29.7 Å². The van der Waals surface area contributed by atoms with Crippen LogP contribution in [0.25, 0.3) is 5.69 Å². The number of nitrogens with two attached hydrogens (primary N) is 1. The number of rotatable bonds is 3. The molecular formula is C14H13ClN6O2. The molecule has 3 heterocycles. The summed E-state index contributed by atoms with van der Waals surface area (Å²) in [6, 6.07) is 5.35. The zero-order valence-corrected chi connectivity index (χ0v) is 12.8. The molecule has 0 saturated carbocycles. The minimum absolute atomic E-state index is 0.0553. The van der Waals surface area contributed by atoms with Crippen molar-refractivity contribution in [1.82, 2.24) is 14.3 Å². The van der Waals surface area contributed by atoms with E-state index in [-0.39, 0.29) is 18.7 Å². The Morgan fingerprint density at radius 3 is 3.00 bits per heavy atom. The number of primary amides is 1. The first kappa shape index (κ1) is 14.0. The highest BCUT2D eigenvalue weighted by atomic mass is 35.5. The Bertz CT molecular complexity index is 912. The van der Waals surface area contributed by atoms with Gasteiger partial charge in [-0.2, -0.15) is 0 Å². The Kier molecular flexibility index (Phi) is 3.02. The SMILES string of the molecule is NC(=O)CCn1nc2n(c1=O)-c1cc(Cl)ccc1C1=NCCN12. The number of anilines is 1. The lowest BCUT2D eigenvalue weighted by Crippen LogP contribution is -2.37. The number of nitrogens with zero attached hydrogens (tertiary/aromatic N) is 5. The third kappa shape index (κ3) is 2.06. The lowest BCUT2D eigenvalue weighted by atomic mass is 10.1. The van der Waals surface area contributed by atoms with Gasteiger partial charge in [-0.3, -0.25) is 14.7 Å². The van der Waals surface area contributed by atoms with Gasteiger partial charge in [0.05, 0.1) is 18.8 Å². The number of hydrogen-bond acceptors (Lipinski definition) is 5. The van der Waals surface area contributed by atoms with Crippen LogP contribution in [-0.2, 0) is 11.3 Å². The van der Waals surface area contributed by atoms with Crippen molar-refractivity contribution >= 4 is 29.3 Å². The van der Waals surface area contributed by atoms with Gasteiger partial charge in [-0.05, 0) is 18.2 Å². The number of halogens is 1. The van der Waals surface area contributed by atoms with E-state index in [2.05, 4.69) is 10.1 Å². The molecule has 0 fully saturated rings. The van der Waals surface area contributed by atoms with Crippen molar-refractivity contribution in [3.63, 3.8) is 0 Å². The highest BCUT2D eigenvalue weighted by Gasteiger charge is 2.34. The van der Waals surface area contributed by atoms with E-state index in [1.54, 1.807) is 12.1 Å². The molecule has 118 valence electrons. The van der Waals surface area contributed by atoms with E-state index in [4.69, 9.17) is 17.3 Å². The van der Waals surface area contributed by atoms with Gasteiger partial charge >= 0.3 is 5.69 Å². The minimum Gasteiger partial charge on any atom is -0.370 e. The van der Waals surface area contributed by atoms with E-state index in [0.717, 1.165) is 11.4 Å². The van der Waals surface area contributed by atoms with E-state index in [9.17, 15) is 9.59 Å². The lowest BCUT2D eigenvalue weighted by molar-refractivity contribution is -0.118. The van der Waals surface area contributed by atoms with Gasteiger partial charge in [-0.1, -0.05) is 11.6 Å². The zero-order valence-electron chi connectivity index (χ0n) is 12.1. The van der Waals surface area contributed by atoms with Crippen LogP contribution in [0.2, 0.25) is 5.02 Å². The van der Waals surface area contributed by atoms with E-state index >= 15 is 0 Å². The number of aromatic nitrogens is 3. The molecule has 4 rings (SSSR count). The number of aliphatic imine (C=N–C) groups is 1. The van der Waals surface area contributed by atoms with Crippen LogP contribution in [0.15, 0.2) is 28.0 Å². The average molecular weight is 333 g/mol. The Labute approximate surface area is 135 Å². The molecule has 8 nitrogen and oxygen atoms in total. The molecule has 0 saturated heterocycles. The summed E-state index contributed by atoms with van der Waals surface area (Å²) in [5, 5.41) is 4.88. The van der Waals surface area contributed by atoms with Gasteiger partial charge < -0.3 is 5.73 Å². The predicted octanol–water partition coefficient (Wildman–Crippen LogP) is 0.143. The molecule has 9 heteroatoms. The van der Waals surface area contributed by atoms with Crippen molar-refractivity contribution in [1.29, 1.82) is 0 Å². The van der Waals surface area contributed by atoms with Crippen LogP contribution in [0.5, 0.6) is 0 Å². The van der Waals surface area contributed by atoms with Gasteiger partial charge in [-0.15, -0.1) is 5.10 Å². The number of aryl methyl sites for hydroxylation is 1. The number of hydrogen-bond donors (Lipinski definition) is 1. The van der Waals surface area contributed by atoms with Crippen LogP contribution in [0, 0.1) is 0 Å². The van der Waals surface area contributed by atoms with Crippen LogP contribution in [0.4, 0.5) is 5.95 Å². The zero-order chi connectivity index (χ0) is 16.1. The smallest absolute Gasteiger partial charge is 0.352 e. The third-order valence-electron chi connectivity index (χ3n) is 3.92. The third-order valence-corrected chi connectivity index (χ3v) is 4.15. The molecule has 1 amide bonds. The van der Waals surface area contributed by atoms with E-state index in [1.807, 2.05) is 11.0 Å². The summed E-state index contributed by atoms with van der Waals surface area (Å²) in [7, 11) is 0. The van der Waals surface area contributed by atoms with Crippen LogP contribution in [0.1, 0.15) is 12.0 Å². The molecule has 2 aromatic rings. The summed E-state index contributed by atoms with van der Waals surface area (Å²) in [5.41, 5.74) is 6.33. The van der Waals surface area contributed by atoms with Crippen LogP contribution in [0.3, 0.4) is 0 Å². The van der Waals surface area contributed by atoms with Crippen molar-refractivity contribution in [2.24, 2.45) is 10.7 Å². The molecule has 23 heavy (non-hydrogen) atoms. The van der Waals surface area contributed by atoms with Crippen molar-refractivity contribution in [2.45, 2.75) is 13.0 Å². The fourth-order valence-corrected chi connectivity index (χ4v) is 3.06. The molecule has 1 aromatic carbocycles. The van der Waals surface area contributed by atoms with Gasteiger partial charge in [0.15, 0.2) is 0 Å². The van der Waals surface area contributed by atoms with Gasteiger partial charge in [0.1, 0.15) is 5.84 Å². The van der Waals surface area contributed by atoms with Crippen molar-refractivity contribution in [3.8, 4) is 5.69 Å². The fraction of sp³-hybridized carbons (Fsp3) is 0.286. The normalized spacial score (nSPS) is 15.0. The van der Waals surface area contributed by atoms with E-state index in [1.165, 1.54) is 9.25 Å². The Hall–Kier alpha value is -2.61. The maximum absolute atomic E-state index is 12.7. The summed E-state index contributed by atoms with van der Waals surface area (Å²) < 4.78 is 2.76. The molecule has 0 unspecified atom stereocenters. The maximum atomic E-state index is 12.7. The maximum Gasteiger partial charge on any atom is 0.352 e. The molecule has 0 radical (unpaired) electrons. The van der Waals surface area contributed by atoms with Gasteiger partial charge in [0.2, 0.25) is 11.9 Å². The van der Waals surface area contributed by atoms with Crippen molar-refractivity contribution in [2.75, 3.05) is 18.0 Å². The quantitative estimate of drug-likeness (QED) is 0.864. The fourth-order valence-electron chi connectivity index (χ4n) is 2.89. The largest absolute Gasteiger partial charge is 0.370 e. The number of fused-ring (bicyclic) bond motifs is 6. The average Bonchev–Trinajstić information content (AvgIpc) is 3.10. The number of carbonyl (C=O) groups is 1. The highest BCUT2D eigenvalue weighted by Crippen LogP contribution is 2.31. The first-order chi connectivity index (χ1) is 11.1. The molecule has 0 bridgehead atoms. The second-order valence-electron chi connectivity index (χ2n) is 5.38. The molecule has 2 aliphatic heterocycles. The molecule has 1 aromatic heterocycles. The molecule has 0 aliphatic carbocycles. The van der Waals surface area contributed by atoms with Crippen LogP contribution in [-0.4, -0.2) is 39.2 Å². The second-order valence-corrected chi connectivity index (χ2v) is 5.81. The molecular weight excluding hydrogens is 320 g/mol. The molecule has 2 aliphatic rings. The van der Waals surface area contributed by atoms with Crippen molar-refractivity contribution < 1.29 is 4.79 Å². The highest BCUT2D eigenvalue weighted by molar-refractivity contribution is 6.31. The van der Waals surface area contributed by atoms with Gasteiger partial charge in [0.25, 0.3) is 0 Å². The van der Waals surface area contributed by atoms with Crippen LogP contribution >= 0.6 is 11.6 Å². The summed E-state index contributed by atoms with van der Waals surface area (Å²) in [6.07, 6.45) is 0.0553.